The maximum absolute atomic E-state index is 2.63. The van der Waals surface area contributed by atoms with Crippen molar-refractivity contribution in [3.8, 4) is 0 Å². The summed E-state index contributed by atoms with van der Waals surface area (Å²) in [5.74, 6) is 2.64. The van der Waals surface area contributed by atoms with Crippen LogP contribution in [0.4, 0.5) is 0 Å². The molecule has 170 valence electrons. The van der Waals surface area contributed by atoms with Crippen LogP contribution < -0.4 is 0 Å². The number of hydrogen-bond donors (Lipinski definition) is 0. The molecule has 0 aliphatic carbocycles. The summed E-state index contributed by atoms with van der Waals surface area (Å²) in [4.78, 5) is 0. The summed E-state index contributed by atoms with van der Waals surface area (Å²) in [6.07, 6.45) is 24.2. The van der Waals surface area contributed by atoms with Gasteiger partial charge in [0.15, 0.2) is 0 Å². The third-order valence-electron chi connectivity index (χ3n) is 7.94. The lowest BCUT2D eigenvalue weighted by molar-refractivity contribution is -0.00454. The Morgan fingerprint density at radius 3 is 1.11 bits per heavy atom. The third kappa shape index (κ3) is 10.2. The van der Waals surface area contributed by atoms with Crippen LogP contribution in [0.25, 0.3) is 0 Å². The number of hydrogen-bond acceptors (Lipinski definition) is 0. The van der Waals surface area contributed by atoms with E-state index in [2.05, 4.69) is 48.5 Å². The van der Waals surface area contributed by atoms with Crippen LogP contribution in [0, 0.1) is 23.2 Å². The predicted molar refractivity (Wildman–Crippen MR) is 131 cm³/mol. The monoisotopic (exact) mass is 394 g/mol. The summed E-state index contributed by atoms with van der Waals surface area (Å²) in [6, 6.07) is 0. The molecule has 0 spiro atoms. The Hall–Kier alpha value is 0. The number of unbranched alkanes of at least 4 members (excludes halogenated alkanes) is 9. The molecule has 0 aromatic heterocycles. The van der Waals surface area contributed by atoms with Crippen molar-refractivity contribution in [1.29, 1.82) is 0 Å². The molecule has 0 saturated heterocycles. The second-order valence-corrected chi connectivity index (χ2v) is 10.1. The molecule has 0 rings (SSSR count). The van der Waals surface area contributed by atoms with Gasteiger partial charge in [-0.15, -0.1) is 0 Å². The largest absolute Gasteiger partial charge is 0.0654 e. The minimum Gasteiger partial charge on any atom is -0.0654 e. The van der Waals surface area contributed by atoms with E-state index in [1.807, 2.05) is 0 Å². The highest BCUT2D eigenvalue weighted by Crippen LogP contribution is 2.52. The molecule has 0 aromatic rings. The normalized spacial score (nSPS) is 17.2. The van der Waals surface area contributed by atoms with E-state index in [1.54, 1.807) is 0 Å². The molecule has 0 saturated carbocycles. The van der Waals surface area contributed by atoms with Crippen molar-refractivity contribution in [2.45, 2.75) is 158 Å². The van der Waals surface area contributed by atoms with Crippen LogP contribution in [0.2, 0.25) is 0 Å². The van der Waals surface area contributed by atoms with Crippen LogP contribution in [0.15, 0.2) is 0 Å². The standard InChI is InChI=1S/C28H58/c1-8-12-16-17-18-19-20-24-28(25(5)21-13-9-2,26(6)22-14-10-3)27(7)23-15-11-4/h25-27H,8-24H2,1-7H3. The van der Waals surface area contributed by atoms with Gasteiger partial charge in [-0.1, -0.05) is 151 Å². The summed E-state index contributed by atoms with van der Waals surface area (Å²) in [5.41, 5.74) is 0.572. The van der Waals surface area contributed by atoms with E-state index in [0.717, 1.165) is 17.8 Å². The van der Waals surface area contributed by atoms with Gasteiger partial charge in [-0.25, -0.2) is 0 Å². The van der Waals surface area contributed by atoms with Crippen molar-refractivity contribution in [3.63, 3.8) is 0 Å². The Kier molecular flexibility index (Phi) is 17.8. The molecule has 0 fully saturated rings. The zero-order valence-corrected chi connectivity index (χ0v) is 21.3. The second kappa shape index (κ2) is 17.8. The van der Waals surface area contributed by atoms with Crippen molar-refractivity contribution in [3.05, 3.63) is 0 Å². The van der Waals surface area contributed by atoms with E-state index in [0.29, 0.717) is 5.41 Å². The van der Waals surface area contributed by atoms with Gasteiger partial charge >= 0.3 is 0 Å². The number of rotatable bonds is 20. The molecular formula is C28H58. The fourth-order valence-corrected chi connectivity index (χ4v) is 5.92. The van der Waals surface area contributed by atoms with Crippen molar-refractivity contribution >= 4 is 0 Å². The zero-order valence-electron chi connectivity index (χ0n) is 21.3. The maximum atomic E-state index is 2.63. The first kappa shape index (κ1) is 28.0. The van der Waals surface area contributed by atoms with Crippen LogP contribution in [0.1, 0.15) is 158 Å². The van der Waals surface area contributed by atoms with Gasteiger partial charge in [0, 0.05) is 0 Å². The lowest BCUT2D eigenvalue weighted by atomic mass is 9.55. The van der Waals surface area contributed by atoms with Crippen LogP contribution in [-0.2, 0) is 0 Å². The van der Waals surface area contributed by atoms with Gasteiger partial charge in [0.25, 0.3) is 0 Å². The molecule has 0 nitrogen and oxygen atoms in total. The molecule has 0 heteroatoms. The highest BCUT2D eigenvalue weighted by Gasteiger charge is 2.43. The van der Waals surface area contributed by atoms with Crippen LogP contribution in [0.3, 0.4) is 0 Å². The molecular weight excluding hydrogens is 336 g/mol. The Labute approximate surface area is 181 Å². The Morgan fingerprint density at radius 2 is 0.750 bits per heavy atom. The average molecular weight is 395 g/mol. The molecule has 0 heterocycles. The predicted octanol–water partition coefficient (Wildman–Crippen LogP) is 10.6. The molecule has 0 bridgehead atoms. The van der Waals surface area contributed by atoms with Gasteiger partial charge in [-0.3, -0.25) is 0 Å². The maximum Gasteiger partial charge on any atom is -0.0220 e. The van der Waals surface area contributed by atoms with Crippen LogP contribution in [-0.4, -0.2) is 0 Å². The lowest BCUT2D eigenvalue weighted by Crippen LogP contribution is -2.42. The van der Waals surface area contributed by atoms with Crippen molar-refractivity contribution in [1.82, 2.24) is 0 Å². The van der Waals surface area contributed by atoms with Gasteiger partial charge in [0.2, 0.25) is 0 Å². The first-order valence-corrected chi connectivity index (χ1v) is 13.5. The summed E-state index contributed by atoms with van der Waals surface area (Å²) >= 11 is 0. The zero-order chi connectivity index (χ0) is 21.3. The van der Waals surface area contributed by atoms with Gasteiger partial charge in [0.05, 0.1) is 0 Å². The highest BCUT2D eigenvalue weighted by molar-refractivity contribution is 4.93. The van der Waals surface area contributed by atoms with Gasteiger partial charge in [0.1, 0.15) is 0 Å². The molecule has 3 atom stereocenters. The van der Waals surface area contributed by atoms with Crippen molar-refractivity contribution in [2.24, 2.45) is 23.2 Å². The van der Waals surface area contributed by atoms with Gasteiger partial charge < -0.3 is 0 Å². The molecule has 0 N–H and O–H groups in total. The van der Waals surface area contributed by atoms with E-state index in [-0.39, 0.29) is 0 Å². The van der Waals surface area contributed by atoms with E-state index < -0.39 is 0 Å². The van der Waals surface area contributed by atoms with Crippen LogP contribution >= 0.6 is 0 Å². The fraction of sp³-hybridized carbons (Fsp3) is 1.00. The minimum absolute atomic E-state index is 0.572. The first-order chi connectivity index (χ1) is 13.5. The summed E-state index contributed by atoms with van der Waals surface area (Å²) in [5, 5.41) is 0. The smallest absolute Gasteiger partial charge is 0.0220 e. The minimum atomic E-state index is 0.572. The Bertz CT molecular complexity index is 282. The van der Waals surface area contributed by atoms with E-state index in [1.165, 1.54) is 109 Å². The summed E-state index contributed by atoms with van der Waals surface area (Å²) < 4.78 is 0. The van der Waals surface area contributed by atoms with Crippen molar-refractivity contribution < 1.29 is 0 Å². The lowest BCUT2D eigenvalue weighted by Gasteiger charge is -2.50. The summed E-state index contributed by atoms with van der Waals surface area (Å²) in [7, 11) is 0. The van der Waals surface area contributed by atoms with E-state index >= 15 is 0 Å². The molecule has 0 radical (unpaired) electrons. The average Bonchev–Trinajstić information content (AvgIpc) is 2.70. The van der Waals surface area contributed by atoms with E-state index in [4.69, 9.17) is 0 Å². The van der Waals surface area contributed by atoms with Gasteiger partial charge in [-0.05, 0) is 29.6 Å². The molecule has 28 heavy (non-hydrogen) atoms. The Morgan fingerprint density at radius 1 is 0.429 bits per heavy atom. The topological polar surface area (TPSA) is 0 Å². The molecule has 0 aliphatic heterocycles. The SMILES string of the molecule is CCCCCCCCCC(C(C)CCCC)(C(C)CCCC)C(C)CCCC. The second-order valence-electron chi connectivity index (χ2n) is 10.1. The highest BCUT2D eigenvalue weighted by atomic mass is 14.5. The van der Waals surface area contributed by atoms with Gasteiger partial charge in [-0.2, -0.15) is 0 Å². The Balaban J connectivity index is 5.20. The van der Waals surface area contributed by atoms with Crippen molar-refractivity contribution in [2.75, 3.05) is 0 Å². The fourth-order valence-electron chi connectivity index (χ4n) is 5.92. The quantitative estimate of drug-likeness (QED) is 0.180. The third-order valence-corrected chi connectivity index (χ3v) is 7.94. The first-order valence-electron chi connectivity index (χ1n) is 13.5. The van der Waals surface area contributed by atoms with E-state index in [9.17, 15) is 0 Å². The van der Waals surface area contributed by atoms with Crippen LogP contribution in [0.5, 0.6) is 0 Å². The molecule has 0 aliphatic rings. The molecule has 3 unspecified atom stereocenters. The molecule has 0 aromatic carbocycles. The molecule has 0 amide bonds. The summed E-state index contributed by atoms with van der Waals surface area (Å²) in [6.45, 7) is 17.3.